The first-order valence-electron chi connectivity index (χ1n) is 4.05. The van der Waals surface area contributed by atoms with Gasteiger partial charge in [-0.3, -0.25) is 0 Å². The van der Waals surface area contributed by atoms with Crippen molar-refractivity contribution in [2.24, 2.45) is 10.8 Å². The lowest BCUT2D eigenvalue weighted by Gasteiger charge is -2.32. The van der Waals surface area contributed by atoms with Gasteiger partial charge in [-0.25, -0.2) is 0 Å². The van der Waals surface area contributed by atoms with Crippen LogP contribution >= 0.6 is 0 Å². The second-order valence-electron chi connectivity index (χ2n) is 4.86. The fourth-order valence-electron chi connectivity index (χ4n) is 1.44. The number of hydrogen-bond donors (Lipinski definition) is 2. The van der Waals surface area contributed by atoms with Crippen LogP contribution in [0, 0.1) is 10.8 Å². The fraction of sp³-hybridized carbons (Fsp3) is 1.00. The topological polar surface area (TPSA) is 40.5 Å². The minimum atomic E-state index is -0.321. The highest BCUT2D eigenvalue weighted by atomic mass is 16.3. The van der Waals surface area contributed by atoms with E-state index in [4.69, 9.17) is 10.2 Å². The smallest absolute Gasteiger partial charge is 0.0506 e. The summed E-state index contributed by atoms with van der Waals surface area (Å²) in [5, 5.41) is 18.0. The van der Waals surface area contributed by atoms with Gasteiger partial charge in [-0.1, -0.05) is 27.7 Å². The summed E-state index contributed by atoms with van der Waals surface area (Å²) in [6.07, 6.45) is 0.840. The summed E-state index contributed by atoms with van der Waals surface area (Å²) in [7, 11) is 0. The number of aliphatic hydroxyl groups excluding tert-OH is 2. The molecule has 2 heteroatoms. The summed E-state index contributed by atoms with van der Waals surface area (Å²) in [6.45, 7) is 8.34. The molecular formula is C9H20O2. The largest absolute Gasteiger partial charge is 0.396 e. The van der Waals surface area contributed by atoms with Crippen LogP contribution < -0.4 is 0 Å². The van der Waals surface area contributed by atoms with Crippen molar-refractivity contribution in [3.63, 3.8) is 0 Å². The lowest BCUT2D eigenvalue weighted by molar-refractivity contribution is 0.0353. The number of hydrogen-bond acceptors (Lipinski definition) is 2. The van der Waals surface area contributed by atoms with Gasteiger partial charge in [0.2, 0.25) is 0 Å². The van der Waals surface area contributed by atoms with Crippen LogP contribution in [-0.2, 0) is 0 Å². The van der Waals surface area contributed by atoms with Gasteiger partial charge in [0.1, 0.15) is 0 Å². The summed E-state index contributed by atoms with van der Waals surface area (Å²) in [4.78, 5) is 0. The Morgan fingerprint density at radius 2 is 1.27 bits per heavy atom. The first-order chi connectivity index (χ1) is 4.83. The average molecular weight is 160 g/mol. The van der Waals surface area contributed by atoms with Crippen LogP contribution in [0.3, 0.4) is 0 Å². The Balaban J connectivity index is 4.08. The molecule has 0 heterocycles. The highest BCUT2D eigenvalue weighted by Gasteiger charge is 2.28. The van der Waals surface area contributed by atoms with Gasteiger partial charge in [0.25, 0.3) is 0 Å². The van der Waals surface area contributed by atoms with Crippen molar-refractivity contribution in [2.45, 2.75) is 34.1 Å². The monoisotopic (exact) mass is 160 g/mol. The van der Waals surface area contributed by atoms with Crippen LogP contribution in [0.25, 0.3) is 0 Å². The molecule has 68 valence electrons. The van der Waals surface area contributed by atoms with Crippen molar-refractivity contribution in [3.8, 4) is 0 Å². The molecule has 0 atom stereocenters. The summed E-state index contributed by atoms with van der Waals surface area (Å²) in [5.74, 6) is 0. The van der Waals surface area contributed by atoms with E-state index in [1.54, 1.807) is 0 Å². The van der Waals surface area contributed by atoms with Crippen LogP contribution in [0.15, 0.2) is 0 Å². The molecule has 0 saturated carbocycles. The van der Waals surface area contributed by atoms with Gasteiger partial charge in [-0.2, -0.15) is 0 Å². The van der Waals surface area contributed by atoms with Crippen LogP contribution in [0.1, 0.15) is 34.1 Å². The third-order valence-electron chi connectivity index (χ3n) is 1.72. The second-order valence-corrected chi connectivity index (χ2v) is 4.86. The van der Waals surface area contributed by atoms with Crippen molar-refractivity contribution >= 4 is 0 Å². The molecule has 0 radical (unpaired) electrons. The maximum Gasteiger partial charge on any atom is 0.0506 e. The van der Waals surface area contributed by atoms with E-state index in [-0.39, 0.29) is 24.0 Å². The van der Waals surface area contributed by atoms with Crippen LogP contribution in [0.5, 0.6) is 0 Å². The summed E-state index contributed by atoms with van der Waals surface area (Å²) in [5.41, 5.74) is -0.154. The van der Waals surface area contributed by atoms with E-state index in [0.29, 0.717) is 0 Å². The van der Waals surface area contributed by atoms with Crippen molar-refractivity contribution in [1.29, 1.82) is 0 Å². The molecule has 0 aliphatic carbocycles. The van der Waals surface area contributed by atoms with Crippen molar-refractivity contribution in [2.75, 3.05) is 13.2 Å². The van der Waals surface area contributed by atoms with Gasteiger partial charge >= 0.3 is 0 Å². The van der Waals surface area contributed by atoms with E-state index < -0.39 is 0 Å². The Morgan fingerprint density at radius 3 is 1.36 bits per heavy atom. The predicted octanol–water partition coefficient (Wildman–Crippen LogP) is 1.41. The maximum atomic E-state index is 8.99. The van der Waals surface area contributed by atoms with Gasteiger partial charge in [0.05, 0.1) is 13.2 Å². The van der Waals surface area contributed by atoms with E-state index >= 15 is 0 Å². The maximum absolute atomic E-state index is 8.99. The zero-order chi connectivity index (χ0) is 9.12. The first-order valence-corrected chi connectivity index (χ1v) is 4.05. The van der Waals surface area contributed by atoms with Crippen LogP contribution in [0.2, 0.25) is 0 Å². The van der Waals surface area contributed by atoms with E-state index in [0.717, 1.165) is 6.42 Å². The van der Waals surface area contributed by atoms with Crippen LogP contribution in [0.4, 0.5) is 0 Å². The van der Waals surface area contributed by atoms with E-state index in [9.17, 15) is 0 Å². The third-order valence-corrected chi connectivity index (χ3v) is 1.72. The van der Waals surface area contributed by atoms with Gasteiger partial charge in [-0.15, -0.1) is 0 Å². The van der Waals surface area contributed by atoms with E-state index in [2.05, 4.69) is 20.8 Å². The summed E-state index contributed by atoms with van der Waals surface area (Å²) in [6, 6.07) is 0. The molecule has 0 amide bonds. The van der Waals surface area contributed by atoms with Crippen molar-refractivity contribution in [1.82, 2.24) is 0 Å². The number of rotatable bonds is 3. The molecule has 0 fully saturated rings. The molecule has 2 nitrogen and oxygen atoms in total. The quantitative estimate of drug-likeness (QED) is 0.655. The van der Waals surface area contributed by atoms with Gasteiger partial charge in [-0.05, 0) is 11.8 Å². The van der Waals surface area contributed by atoms with Crippen LogP contribution in [-0.4, -0.2) is 23.4 Å². The molecule has 0 aromatic rings. The third kappa shape index (κ3) is 4.38. The number of aliphatic hydroxyl groups is 2. The lowest BCUT2D eigenvalue weighted by Crippen LogP contribution is -2.31. The normalized spacial score (nSPS) is 13.6. The zero-order valence-corrected chi connectivity index (χ0v) is 8.02. The molecule has 0 aliphatic rings. The Labute approximate surface area is 69.2 Å². The molecule has 0 aromatic carbocycles. The molecule has 0 bridgehead atoms. The average Bonchev–Trinajstić information content (AvgIpc) is 1.84. The van der Waals surface area contributed by atoms with Gasteiger partial charge < -0.3 is 10.2 Å². The standard InChI is InChI=1S/C9H20O2/c1-8(2,3)5-9(4,6-10)7-11/h10-11H,5-7H2,1-4H3. The minimum absolute atomic E-state index is 0.0563. The van der Waals surface area contributed by atoms with Crippen molar-refractivity contribution in [3.05, 3.63) is 0 Å². The highest BCUT2D eigenvalue weighted by molar-refractivity contribution is 4.78. The lowest BCUT2D eigenvalue weighted by atomic mass is 9.76. The summed E-state index contributed by atoms with van der Waals surface area (Å²) >= 11 is 0. The zero-order valence-electron chi connectivity index (χ0n) is 8.02. The molecular weight excluding hydrogens is 140 g/mol. The molecule has 0 aliphatic heterocycles. The Hall–Kier alpha value is -0.0800. The Morgan fingerprint density at radius 1 is 0.909 bits per heavy atom. The molecule has 0 unspecified atom stereocenters. The van der Waals surface area contributed by atoms with E-state index in [1.165, 1.54) is 0 Å². The molecule has 0 aromatic heterocycles. The Kier molecular flexibility index (Phi) is 3.52. The SMILES string of the molecule is CC(C)(C)CC(C)(CO)CO. The Bertz CT molecular complexity index is 109. The highest BCUT2D eigenvalue weighted by Crippen LogP contribution is 2.32. The predicted molar refractivity (Wildman–Crippen MR) is 46.4 cm³/mol. The van der Waals surface area contributed by atoms with Gasteiger partial charge in [0, 0.05) is 5.41 Å². The fourth-order valence-corrected chi connectivity index (χ4v) is 1.44. The van der Waals surface area contributed by atoms with Gasteiger partial charge in [0.15, 0.2) is 0 Å². The van der Waals surface area contributed by atoms with E-state index in [1.807, 2.05) is 6.92 Å². The second kappa shape index (κ2) is 3.55. The minimum Gasteiger partial charge on any atom is -0.396 e. The molecule has 11 heavy (non-hydrogen) atoms. The molecule has 0 rings (SSSR count). The molecule has 0 spiro atoms. The molecule has 0 saturated heterocycles. The molecule has 2 N–H and O–H groups in total. The first kappa shape index (κ1) is 10.9. The van der Waals surface area contributed by atoms with Crippen molar-refractivity contribution < 1.29 is 10.2 Å². The summed E-state index contributed by atoms with van der Waals surface area (Å²) < 4.78 is 0.